The summed E-state index contributed by atoms with van der Waals surface area (Å²) in [4.78, 5) is 14.3. The van der Waals surface area contributed by atoms with Gasteiger partial charge in [0.25, 0.3) is 5.91 Å². The van der Waals surface area contributed by atoms with Crippen molar-refractivity contribution < 1.29 is 22.3 Å². The maximum atomic E-state index is 13.7. The molecule has 28 heavy (non-hydrogen) atoms. The summed E-state index contributed by atoms with van der Waals surface area (Å²) in [5, 5.41) is 0.833. The molecule has 1 atom stereocenters. The molecule has 0 radical (unpaired) electrons. The van der Waals surface area contributed by atoms with Crippen LogP contribution in [0.25, 0.3) is 0 Å². The van der Waals surface area contributed by atoms with E-state index in [4.69, 9.17) is 27.9 Å². The van der Waals surface area contributed by atoms with Crippen LogP contribution >= 0.6 is 23.2 Å². The molecule has 0 unspecified atom stereocenters. The van der Waals surface area contributed by atoms with Crippen molar-refractivity contribution in [2.45, 2.75) is 19.0 Å². The zero-order valence-electron chi connectivity index (χ0n) is 14.8. The van der Waals surface area contributed by atoms with Crippen LogP contribution in [0.1, 0.15) is 12.0 Å². The molecule has 9 heteroatoms. The predicted molar refractivity (Wildman–Crippen MR) is 106 cm³/mol. The summed E-state index contributed by atoms with van der Waals surface area (Å²) in [6.45, 7) is -0.307. The van der Waals surface area contributed by atoms with E-state index in [1.807, 2.05) is 0 Å². The molecule has 1 amide bonds. The Morgan fingerprint density at radius 2 is 1.96 bits per heavy atom. The molecule has 0 bridgehead atoms. The number of carbonyl (C=O) groups is 1. The average molecular weight is 446 g/mol. The quantitative estimate of drug-likeness (QED) is 0.679. The minimum Gasteiger partial charge on any atom is -0.481 e. The summed E-state index contributed by atoms with van der Waals surface area (Å²) in [7, 11) is -3.21. The van der Waals surface area contributed by atoms with E-state index in [0.29, 0.717) is 22.0 Å². The van der Waals surface area contributed by atoms with Crippen LogP contribution in [0.15, 0.2) is 42.5 Å². The van der Waals surface area contributed by atoms with Crippen molar-refractivity contribution in [2.24, 2.45) is 0 Å². The molecule has 1 aliphatic heterocycles. The highest BCUT2D eigenvalue weighted by molar-refractivity contribution is 7.91. The van der Waals surface area contributed by atoms with Gasteiger partial charge in [-0.2, -0.15) is 0 Å². The number of benzene rings is 2. The van der Waals surface area contributed by atoms with Gasteiger partial charge < -0.3 is 9.64 Å². The predicted octanol–water partition coefficient (Wildman–Crippen LogP) is 3.73. The lowest BCUT2D eigenvalue weighted by Crippen LogP contribution is -2.43. The molecule has 0 N–H and O–H groups in total. The summed E-state index contributed by atoms with van der Waals surface area (Å²) < 4.78 is 42.8. The molecule has 0 spiro atoms. The molecule has 1 heterocycles. The van der Waals surface area contributed by atoms with Crippen molar-refractivity contribution in [3.05, 3.63) is 63.9 Å². The highest BCUT2D eigenvalue weighted by Crippen LogP contribution is 2.26. The van der Waals surface area contributed by atoms with Gasteiger partial charge in [-0.05, 0) is 36.2 Å². The van der Waals surface area contributed by atoms with Gasteiger partial charge in [-0.25, -0.2) is 12.8 Å². The van der Waals surface area contributed by atoms with Gasteiger partial charge in [0, 0.05) is 22.6 Å². The monoisotopic (exact) mass is 445 g/mol. The summed E-state index contributed by atoms with van der Waals surface area (Å²) >= 11 is 12.1. The second kappa shape index (κ2) is 8.68. The van der Waals surface area contributed by atoms with Crippen LogP contribution in [-0.2, 0) is 21.2 Å². The second-order valence-corrected chi connectivity index (χ2v) is 9.61. The Labute approximate surface area is 172 Å². The molecule has 2 aromatic carbocycles. The van der Waals surface area contributed by atoms with E-state index < -0.39 is 34.2 Å². The van der Waals surface area contributed by atoms with E-state index in [2.05, 4.69) is 0 Å². The fraction of sp³-hybridized carbons (Fsp3) is 0.316. The number of nitrogens with zero attached hydrogens (tertiary/aromatic N) is 1. The zero-order valence-corrected chi connectivity index (χ0v) is 17.1. The topological polar surface area (TPSA) is 63.7 Å². The molecule has 2 aromatic rings. The number of para-hydroxylation sites is 1. The Balaban J connectivity index is 1.79. The lowest BCUT2D eigenvalue weighted by atomic mass is 10.1. The van der Waals surface area contributed by atoms with Crippen molar-refractivity contribution in [2.75, 3.05) is 18.1 Å². The first kappa shape index (κ1) is 20.9. The number of hydrogen-bond acceptors (Lipinski definition) is 4. The third kappa shape index (κ3) is 5.16. The van der Waals surface area contributed by atoms with Crippen molar-refractivity contribution in [1.82, 2.24) is 4.90 Å². The molecule has 0 aromatic heterocycles. The van der Waals surface area contributed by atoms with Crippen LogP contribution < -0.4 is 4.74 Å². The van der Waals surface area contributed by atoms with E-state index in [9.17, 15) is 17.6 Å². The van der Waals surface area contributed by atoms with E-state index >= 15 is 0 Å². The fourth-order valence-corrected chi connectivity index (χ4v) is 5.26. The normalized spacial score (nSPS) is 18.0. The molecule has 1 fully saturated rings. The molecule has 5 nitrogen and oxygen atoms in total. The molecule has 0 saturated carbocycles. The van der Waals surface area contributed by atoms with E-state index in [1.54, 1.807) is 24.3 Å². The molecule has 3 rings (SSSR count). The summed E-state index contributed by atoms with van der Waals surface area (Å²) in [5.74, 6) is -1.17. The number of sulfone groups is 1. The molecular formula is C19H18Cl2FNO4S. The van der Waals surface area contributed by atoms with Crippen molar-refractivity contribution in [3.8, 4) is 5.75 Å². The lowest BCUT2D eigenvalue weighted by Gasteiger charge is -2.29. The van der Waals surface area contributed by atoms with Gasteiger partial charge in [0.15, 0.2) is 28.0 Å². The minimum absolute atomic E-state index is 0.0178. The Bertz CT molecular complexity index is 984. The lowest BCUT2D eigenvalue weighted by molar-refractivity contribution is -0.136. The Hall–Kier alpha value is -1.83. The van der Waals surface area contributed by atoms with E-state index in [-0.39, 0.29) is 23.8 Å². The van der Waals surface area contributed by atoms with Gasteiger partial charge >= 0.3 is 0 Å². The highest BCUT2D eigenvalue weighted by atomic mass is 35.5. The third-order valence-corrected chi connectivity index (χ3v) is 6.85. The SMILES string of the molecule is O=C(COc1ccccc1F)N(Cc1ccc(Cl)cc1Cl)[C@@H]1CCS(=O)(=O)C1. The van der Waals surface area contributed by atoms with Gasteiger partial charge in [0.2, 0.25) is 0 Å². The van der Waals surface area contributed by atoms with E-state index in [0.717, 1.165) is 0 Å². The van der Waals surface area contributed by atoms with Crippen molar-refractivity contribution in [1.29, 1.82) is 0 Å². The first-order valence-electron chi connectivity index (χ1n) is 8.56. The minimum atomic E-state index is -3.21. The third-order valence-electron chi connectivity index (χ3n) is 4.51. The zero-order chi connectivity index (χ0) is 20.3. The van der Waals surface area contributed by atoms with Gasteiger partial charge in [0.05, 0.1) is 11.5 Å². The maximum Gasteiger partial charge on any atom is 0.261 e. The Morgan fingerprint density at radius 1 is 1.21 bits per heavy atom. The number of amides is 1. The Morgan fingerprint density at radius 3 is 2.61 bits per heavy atom. The summed E-state index contributed by atoms with van der Waals surface area (Å²) in [6.07, 6.45) is 0.332. The number of halogens is 3. The van der Waals surface area contributed by atoms with Crippen LogP contribution in [-0.4, -0.2) is 43.4 Å². The maximum absolute atomic E-state index is 13.7. The standard InChI is InChI=1S/C19H18Cl2FNO4S/c20-14-6-5-13(16(21)9-14)10-23(15-7-8-28(25,26)12-15)19(24)11-27-18-4-2-1-3-17(18)22/h1-6,9,15H,7-8,10-12H2/t15-/m1/s1. The van der Waals surface area contributed by atoms with Crippen LogP contribution in [0.2, 0.25) is 10.0 Å². The average Bonchev–Trinajstić information content (AvgIpc) is 2.99. The number of rotatable bonds is 6. The fourth-order valence-electron chi connectivity index (χ4n) is 3.06. The first-order chi connectivity index (χ1) is 13.2. The summed E-state index contributed by atoms with van der Waals surface area (Å²) in [5.41, 5.74) is 0.634. The van der Waals surface area contributed by atoms with Gasteiger partial charge in [-0.15, -0.1) is 0 Å². The van der Waals surface area contributed by atoms with Gasteiger partial charge in [0.1, 0.15) is 0 Å². The smallest absolute Gasteiger partial charge is 0.261 e. The van der Waals surface area contributed by atoms with Crippen LogP contribution in [0.5, 0.6) is 5.75 Å². The number of hydrogen-bond donors (Lipinski definition) is 0. The van der Waals surface area contributed by atoms with Crippen molar-refractivity contribution >= 4 is 38.9 Å². The molecule has 150 valence electrons. The number of ether oxygens (including phenoxy) is 1. The summed E-state index contributed by atoms with van der Waals surface area (Å²) in [6, 6.07) is 10.2. The molecule has 1 saturated heterocycles. The molecule has 1 aliphatic rings. The van der Waals surface area contributed by atoms with Gasteiger partial charge in [-0.3, -0.25) is 4.79 Å². The van der Waals surface area contributed by atoms with Crippen LogP contribution in [0, 0.1) is 5.82 Å². The Kier molecular flexibility index (Phi) is 6.47. The van der Waals surface area contributed by atoms with Gasteiger partial charge in [-0.1, -0.05) is 41.4 Å². The number of carbonyl (C=O) groups excluding carboxylic acids is 1. The van der Waals surface area contributed by atoms with Crippen LogP contribution in [0.3, 0.4) is 0 Å². The molecular weight excluding hydrogens is 428 g/mol. The van der Waals surface area contributed by atoms with Crippen molar-refractivity contribution in [3.63, 3.8) is 0 Å². The highest BCUT2D eigenvalue weighted by Gasteiger charge is 2.35. The molecule has 0 aliphatic carbocycles. The first-order valence-corrected chi connectivity index (χ1v) is 11.1. The van der Waals surface area contributed by atoms with Crippen LogP contribution in [0.4, 0.5) is 4.39 Å². The van der Waals surface area contributed by atoms with E-state index in [1.165, 1.54) is 23.1 Å². The second-order valence-electron chi connectivity index (χ2n) is 6.53. The largest absolute Gasteiger partial charge is 0.481 e.